The van der Waals surface area contributed by atoms with E-state index in [4.69, 9.17) is 5.73 Å². The Balaban J connectivity index is 2.90. The van der Waals surface area contributed by atoms with Crippen LogP contribution in [0.4, 0.5) is 0 Å². The largest absolute Gasteiger partial charge is 0.311 e. The summed E-state index contributed by atoms with van der Waals surface area (Å²) in [5.41, 5.74) is 6.21. The Labute approximate surface area is 94.9 Å². The lowest BCUT2D eigenvalue weighted by atomic mass is 10.2. The lowest BCUT2D eigenvalue weighted by molar-refractivity contribution is 0.547. The van der Waals surface area contributed by atoms with Gasteiger partial charge in [0.2, 0.25) is 0 Å². The zero-order valence-corrected chi connectivity index (χ0v) is 9.73. The van der Waals surface area contributed by atoms with Gasteiger partial charge in [0, 0.05) is 4.47 Å². The molecule has 0 fully saturated rings. The number of halogens is 1. The topological polar surface area (TPSA) is 60.9 Å². The average molecular weight is 268 g/mol. The van der Waals surface area contributed by atoms with Crippen molar-refractivity contribution in [3.63, 3.8) is 0 Å². The third kappa shape index (κ3) is 1.68. The lowest BCUT2D eigenvalue weighted by Crippen LogP contribution is -2.28. The van der Waals surface area contributed by atoms with Crippen molar-refractivity contribution in [3.8, 4) is 0 Å². The van der Waals surface area contributed by atoms with Crippen molar-refractivity contribution >= 4 is 26.8 Å². The van der Waals surface area contributed by atoms with Crippen molar-refractivity contribution in [2.45, 2.75) is 13.1 Å². The first-order valence-corrected chi connectivity index (χ1v) is 5.31. The van der Waals surface area contributed by atoms with Crippen molar-refractivity contribution in [2.75, 3.05) is 0 Å². The van der Waals surface area contributed by atoms with Gasteiger partial charge in [0.05, 0.1) is 23.4 Å². The molecule has 4 nitrogen and oxygen atoms in total. The second-order valence-electron chi connectivity index (χ2n) is 3.33. The van der Waals surface area contributed by atoms with Gasteiger partial charge in [0.25, 0.3) is 5.56 Å². The first-order chi connectivity index (χ1) is 7.11. The number of hydrogen-bond acceptors (Lipinski definition) is 3. The molecule has 2 rings (SSSR count). The average Bonchev–Trinajstić information content (AvgIpc) is 2.17. The van der Waals surface area contributed by atoms with Crippen LogP contribution in [0.15, 0.2) is 33.8 Å². The van der Waals surface area contributed by atoms with Crippen LogP contribution >= 0.6 is 15.9 Å². The number of nitrogens with two attached hydrogens (primary N) is 1. The molecular weight excluding hydrogens is 258 g/mol. The van der Waals surface area contributed by atoms with E-state index in [1.807, 2.05) is 12.1 Å². The molecule has 1 aromatic heterocycles. The summed E-state index contributed by atoms with van der Waals surface area (Å²) in [5.74, 6) is 0. The lowest BCUT2D eigenvalue weighted by Gasteiger charge is -2.10. The highest BCUT2D eigenvalue weighted by Crippen LogP contribution is 2.18. The molecule has 0 saturated carbocycles. The molecule has 78 valence electrons. The summed E-state index contributed by atoms with van der Waals surface area (Å²) < 4.78 is 2.15. The molecule has 0 aliphatic heterocycles. The van der Waals surface area contributed by atoms with E-state index >= 15 is 0 Å². The Kier molecular flexibility index (Phi) is 2.58. The molecule has 0 aliphatic rings. The molecular formula is C10H10BrN3O. The third-order valence-corrected chi connectivity index (χ3v) is 2.86. The first kappa shape index (κ1) is 10.3. The van der Waals surface area contributed by atoms with E-state index in [1.54, 1.807) is 13.0 Å². The van der Waals surface area contributed by atoms with Crippen molar-refractivity contribution < 1.29 is 0 Å². The predicted octanol–water partition coefficient (Wildman–Crippen LogP) is 1.64. The summed E-state index contributed by atoms with van der Waals surface area (Å²) in [5, 5.41) is 0.567. The Hall–Kier alpha value is -1.20. The first-order valence-electron chi connectivity index (χ1n) is 4.52. The summed E-state index contributed by atoms with van der Waals surface area (Å²) in [6.45, 7) is 1.74. The molecule has 0 spiro atoms. The van der Waals surface area contributed by atoms with E-state index in [0.29, 0.717) is 10.9 Å². The standard InChI is InChI=1S/C10H10BrN3O/c1-6(12)14-5-13-8-4-2-3-7(11)9(8)10(14)15/h2-6H,12H2,1H3. The van der Waals surface area contributed by atoms with Crippen molar-refractivity contribution in [1.82, 2.24) is 9.55 Å². The zero-order valence-electron chi connectivity index (χ0n) is 8.14. The minimum Gasteiger partial charge on any atom is -0.311 e. The Morgan fingerprint density at radius 1 is 1.53 bits per heavy atom. The number of fused-ring (bicyclic) bond motifs is 1. The predicted molar refractivity (Wildman–Crippen MR) is 62.6 cm³/mol. The Morgan fingerprint density at radius 2 is 2.27 bits per heavy atom. The molecule has 1 heterocycles. The van der Waals surface area contributed by atoms with Gasteiger partial charge in [-0.1, -0.05) is 6.07 Å². The summed E-state index contributed by atoms with van der Waals surface area (Å²) in [4.78, 5) is 16.2. The van der Waals surface area contributed by atoms with Crippen molar-refractivity contribution in [1.29, 1.82) is 0 Å². The number of aromatic nitrogens is 2. The zero-order chi connectivity index (χ0) is 11.0. The minimum atomic E-state index is -0.374. The van der Waals surface area contributed by atoms with E-state index < -0.39 is 0 Å². The molecule has 2 aromatic rings. The third-order valence-electron chi connectivity index (χ3n) is 2.20. The maximum atomic E-state index is 12.0. The second-order valence-corrected chi connectivity index (χ2v) is 4.19. The van der Waals surface area contributed by atoms with Gasteiger partial charge in [0.15, 0.2) is 0 Å². The highest BCUT2D eigenvalue weighted by atomic mass is 79.9. The molecule has 5 heteroatoms. The highest BCUT2D eigenvalue weighted by molar-refractivity contribution is 9.10. The van der Waals surface area contributed by atoms with Gasteiger partial charge < -0.3 is 5.73 Å². The summed E-state index contributed by atoms with van der Waals surface area (Å²) in [7, 11) is 0. The molecule has 0 saturated heterocycles. The molecule has 0 amide bonds. The fourth-order valence-electron chi connectivity index (χ4n) is 1.43. The van der Waals surface area contributed by atoms with Gasteiger partial charge in [-0.2, -0.15) is 0 Å². The van der Waals surface area contributed by atoms with E-state index in [2.05, 4.69) is 20.9 Å². The maximum absolute atomic E-state index is 12.0. The van der Waals surface area contributed by atoms with Crippen LogP contribution < -0.4 is 11.3 Å². The van der Waals surface area contributed by atoms with Gasteiger partial charge in [-0.25, -0.2) is 4.98 Å². The van der Waals surface area contributed by atoms with Crippen LogP contribution in [-0.2, 0) is 0 Å². The molecule has 0 aliphatic carbocycles. The Bertz CT molecular complexity index is 562. The number of rotatable bonds is 1. The van der Waals surface area contributed by atoms with Gasteiger partial charge in [0.1, 0.15) is 0 Å². The number of hydrogen-bond donors (Lipinski definition) is 1. The van der Waals surface area contributed by atoms with Gasteiger partial charge >= 0.3 is 0 Å². The van der Waals surface area contributed by atoms with Crippen molar-refractivity contribution in [3.05, 3.63) is 39.4 Å². The van der Waals surface area contributed by atoms with Crippen molar-refractivity contribution in [2.24, 2.45) is 5.73 Å². The van der Waals surface area contributed by atoms with Crippen LogP contribution in [0.5, 0.6) is 0 Å². The molecule has 0 bridgehead atoms. The second kappa shape index (κ2) is 3.75. The van der Waals surface area contributed by atoms with Crippen LogP contribution in [0.3, 0.4) is 0 Å². The fourth-order valence-corrected chi connectivity index (χ4v) is 1.95. The summed E-state index contributed by atoms with van der Waals surface area (Å²) >= 11 is 3.34. The minimum absolute atomic E-state index is 0.123. The quantitative estimate of drug-likeness (QED) is 0.855. The molecule has 15 heavy (non-hydrogen) atoms. The van der Waals surface area contributed by atoms with E-state index in [0.717, 1.165) is 4.47 Å². The van der Waals surface area contributed by atoms with Gasteiger partial charge in [-0.3, -0.25) is 9.36 Å². The van der Waals surface area contributed by atoms with Gasteiger partial charge in [-0.15, -0.1) is 0 Å². The van der Waals surface area contributed by atoms with E-state index in [1.165, 1.54) is 10.9 Å². The summed E-state index contributed by atoms with van der Waals surface area (Å²) in [6.07, 6.45) is 1.10. The monoisotopic (exact) mass is 267 g/mol. The molecule has 0 radical (unpaired) electrons. The molecule has 1 unspecified atom stereocenters. The van der Waals surface area contributed by atoms with Crippen LogP contribution in [0, 0.1) is 0 Å². The normalized spacial score (nSPS) is 13.0. The van der Waals surface area contributed by atoms with E-state index in [-0.39, 0.29) is 11.7 Å². The molecule has 2 N–H and O–H groups in total. The van der Waals surface area contributed by atoms with Gasteiger partial charge in [-0.05, 0) is 35.0 Å². The van der Waals surface area contributed by atoms with Crippen LogP contribution in [-0.4, -0.2) is 9.55 Å². The smallest absolute Gasteiger partial charge is 0.263 e. The van der Waals surface area contributed by atoms with E-state index in [9.17, 15) is 4.79 Å². The molecule has 1 aromatic carbocycles. The van der Waals surface area contributed by atoms with Crippen LogP contribution in [0.2, 0.25) is 0 Å². The Morgan fingerprint density at radius 3 is 2.93 bits per heavy atom. The summed E-state index contributed by atoms with van der Waals surface area (Å²) in [6, 6.07) is 5.46. The van der Waals surface area contributed by atoms with Crippen LogP contribution in [0.25, 0.3) is 10.9 Å². The van der Waals surface area contributed by atoms with Crippen LogP contribution in [0.1, 0.15) is 13.1 Å². The number of nitrogens with zero attached hydrogens (tertiary/aromatic N) is 2. The fraction of sp³-hybridized carbons (Fsp3) is 0.200. The highest BCUT2D eigenvalue weighted by Gasteiger charge is 2.08. The SMILES string of the molecule is CC(N)n1cnc2cccc(Br)c2c1=O. The maximum Gasteiger partial charge on any atom is 0.263 e. The number of benzene rings is 1. The molecule has 1 atom stereocenters.